The number of nitrogens with zero attached hydrogens (tertiary/aromatic N) is 2. The quantitative estimate of drug-likeness (QED) is 0.646. The van der Waals surface area contributed by atoms with E-state index in [0.29, 0.717) is 13.1 Å². The molecule has 2 heterocycles. The maximum absolute atomic E-state index is 13.6. The van der Waals surface area contributed by atoms with Crippen molar-refractivity contribution in [1.29, 1.82) is 0 Å². The minimum atomic E-state index is -0.0162. The van der Waals surface area contributed by atoms with Crippen LogP contribution in [0.15, 0.2) is 66.9 Å². The normalized spacial score (nSPS) is 16.7. The smallest absolute Gasteiger partial charge is 0.231 e. The van der Waals surface area contributed by atoms with E-state index < -0.39 is 0 Å². The average Bonchev–Trinajstić information content (AvgIpc) is 3.28. The molecule has 1 aromatic heterocycles. The van der Waals surface area contributed by atoms with Crippen LogP contribution in [0.3, 0.4) is 0 Å². The van der Waals surface area contributed by atoms with Crippen LogP contribution < -0.4 is 9.47 Å². The molecule has 0 unspecified atom stereocenters. The van der Waals surface area contributed by atoms with Crippen LogP contribution in [0.2, 0.25) is 0 Å². The van der Waals surface area contributed by atoms with Crippen molar-refractivity contribution < 1.29 is 14.3 Å². The maximum Gasteiger partial charge on any atom is 0.231 e. The summed E-state index contributed by atoms with van der Waals surface area (Å²) in [6.07, 6.45) is 4.38. The predicted octanol–water partition coefficient (Wildman–Crippen LogP) is 4.14. The zero-order chi connectivity index (χ0) is 20.3. The zero-order valence-electron chi connectivity index (χ0n) is 16.8. The number of hydrogen-bond donors (Lipinski definition) is 0. The Hall–Kier alpha value is -3.34. The topological polar surface area (TPSA) is 51.7 Å². The van der Waals surface area contributed by atoms with Crippen molar-refractivity contribution in [3.63, 3.8) is 0 Å². The Balaban J connectivity index is 1.41. The van der Waals surface area contributed by atoms with Crippen LogP contribution in [0.4, 0.5) is 0 Å². The molecule has 0 bridgehead atoms. The molecule has 152 valence electrons. The van der Waals surface area contributed by atoms with Gasteiger partial charge in [0.15, 0.2) is 11.5 Å². The molecule has 1 atom stereocenters. The first-order valence-electron chi connectivity index (χ1n) is 10.4. The number of rotatable bonds is 5. The van der Waals surface area contributed by atoms with Gasteiger partial charge in [0.1, 0.15) is 0 Å². The molecular formula is C25H24N2O3. The number of carbonyl (C=O) groups excluding carboxylic acids is 1. The van der Waals surface area contributed by atoms with E-state index in [4.69, 9.17) is 9.47 Å². The Morgan fingerprint density at radius 2 is 1.83 bits per heavy atom. The second-order valence-electron chi connectivity index (χ2n) is 7.87. The standard InChI is InChI=1S/C25H24N2O3/c28-25(20-12-11-18-6-1-2-7-19(18)14-20)27(16-22-9-3-4-13-26-22)15-21-8-5-10-23-24(21)30-17-29-23/h1-10,13,20H,11-12,14-17H2/t20-/m1/s1. The minimum absolute atomic E-state index is 0.0162. The summed E-state index contributed by atoms with van der Waals surface area (Å²) in [7, 11) is 0. The van der Waals surface area contributed by atoms with Gasteiger partial charge in [0.25, 0.3) is 0 Å². The van der Waals surface area contributed by atoms with E-state index in [2.05, 4.69) is 29.2 Å². The van der Waals surface area contributed by atoms with Crippen LogP contribution >= 0.6 is 0 Å². The molecule has 2 aromatic carbocycles. The summed E-state index contributed by atoms with van der Waals surface area (Å²) in [5, 5.41) is 0. The molecule has 0 fully saturated rings. The number of benzene rings is 2. The lowest BCUT2D eigenvalue weighted by molar-refractivity contribution is -0.137. The van der Waals surface area contributed by atoms with E-state index in [-0.39, 0.29) is 18.6 Å². The maximum atomic E-state index is 13.6. The lowest BCUT2D eigenvalue weighted by Gasteiger charge is -2.30. The van der Waals surface area contributed by atoms with Crippen LogP contribution in [-0.4, -0.2) is 22.6 Å². The summed E-state index contributed by atoms with van der Waals surface area (Å²) in [5.41, 5.74) is 4.50. The molecule has 5 rings (SSSR count). The highest BCUT2D eigenvalue weighted by Gasteiger charge is 2.30. The Morgan fingerprint density at radius 3 is 2.70 bits per heavy atom. The molecule has 0 radical (unpaired) electrons. The summed E-state index contributed by atoms with van der Waals surface area (Å²) in [5.74, 6) is 1.64. The van der Waals surface area contributed by atoms with Gasteiger partial charge in [-0.1, -0.05) is 42.5 Å². The third-order valence-corrected chi connectivity index (χ3v) is 5.93. The highest BCUT2D eigenvalue weighted by Crippen LogP contribution is 2.36. The lowest BCUT2D eigenvalue weighted by Crippen LogP contribution is -2.38. The van der Waals surface area contributed by atoms with Gasteiger partial charge in [0.05, 0.1) is 12.2 Å². The van der Waals surface area contributed by atoms with Gasteiger partial charge in [0, 0.05) is 24.2 Å². The van der Waals surface area contributed by atoms with Gasteiger partial charge in [-0.05, 0) is 48.6 Å². The van der Waals surface area contributed by atoms with Gasteiger partial charge in [-0.3, -0.25) is 9.78 Å². The third-order valence-electron chi connectivity index (χ3n) is 5.93. The highest BCUT2D eigenvalue weighted by molar-refractivity contribution is 5.79. The second-order valence-corrected chi connectivity index (χ2v) is 7.87. The van der Waals surface area contributed by atoms with Crippen LogP contribution in [-0.2, 0) is 30.7 Å². The molecule has 0 N–H and O–H groups in total. The van der Waals surface area contributed by atoms with Gasteiger partial charge in [-0.15, -0.1) is 0 Å². The van der Waals surface area contributed by atoms with Crippen molar-refractivity contribution >= 4 is 5.91 Å². The third kappa shape index (κ3) is 3.75. The van der Waals surface area contributed by atoms with Crippen molar-refractivity contribution in [3.05, 3.63) is 89.2 Å². The van der Waals surface area contributed by atoms with Crippen molar-refractivity contribution in [3.8, 4) is 11.5 Å². The second kappa shape index (κ2) is 8.19. The fraction of sp³-hybridized carbons (Fsp3) is 0.280. The van der Waals surface area contributed by atoms with Crippen molar-refractivity contribution in [2.24, 2.45) is 5.92 Å². The first-order valence-corrected chi connectivity index (χ1v) is 10.4. The van der Waals surface area contributed by atoms with Gasteiger partial charge in [-0.25, -0.2) is 0 Å². The first kappa shape index (κ1) is 18.7. The van der Waals surface area contributed by atoms with Crippen LogP contribution in [0.5, 0.6) is 11.5 Å². The van der Waals surface area contributed by atoms with Gasteiger partial charge >= 0.3 is 0 Å². The van der Waals surface area contributed by atoms with E-state index in [1.807, 2.05) is 41.3 Å². The van der Waals surface area contributed by atoms with Gasteiger partial charge in [-0.2, -0.15) is 0 Å². The summed E-state index contributed by atoms with van der Waals surface area (Å²) < 4.78 is 11.2. The minimum Gasteiger partial charge on any atom is -0.454 e. The average molecular weight is 400 g/mol. The van der Waals surface area contributed by atoms with E-state index in [9.17, 15) is 4.79 Å². The number of carbonyl (C=O) groups is 1. The summed E-state index contributed by atoms with van der Waals surface area (Å²) in [4.78, 5) is 20.0. The lowest BCUT2D eigenvalue weighted by atomic mass is 9.83. The monoisotopic (exact) mass is 400 g/mol. The van der Waals surface area contributed by atoms with E-state index in [1.54, 1.807) is 6.20 Å². The molecule has 0 spiro atoms. The predicted molar refractivity (Wildman–Crippen MR) is 113 cm³/mol. The van der Waals surface area contributed by atoms with Crippen molar-refractivity contribution in [2.45, 2.75) is 32.4 Å². The van der Waals surface area contributed by atoms with Crippen molar-refractivity contribution in [2.75, 3.05) is 6.79 Å². The summed E-state index contributed by atoms with van der Waals surface area (Å²) in [6, 6.07) is 20.1. The number of amides is 1. The molecule has 0 saturated carbocycles. The molecule has 1 amide bonds. The summed E-state index contributed by atoms with van der Waals surface area (Å²) >= 11 is 0. The van der Waals surface area contributed by atoms with Crippen molar-refractivity contribution in [1.82, 2.24) is 9.88 Å². The molecule has 2 aliphatic rings. The fourth-order valence-electron chi connectivity index (χ4n) is 4.39. The largest absolute Gasteiger partial charge is 0.454 e. The molecule has 1 aliphatic heterocycles. The van der Waals surface area contributed by atoms with Gasteiger partial charge in [0.2, 0.25) is 12.7 Å². The Morgan fingerprint density at radius 1 is 0.967 bits per heavy atom. The highest BCUT2D eigenvalue weighted by atomic mass is 16.7. The van der Waals surface area contributed by atoms with Crippen LogP contribution in [0.25, 0.3) is 0 Å². The molecule has 5 heteroatoms. The molecule has 30 heavy (non-hydrogen) atoms. The SMILES string of the molecule is O=C([C@@H]1CCc2ccccc2C1)N(Cc1ccccn1)Cc1cccc2c1OCO2. The number of hydrogen-bond acceptors (Lipinski definition) is 4. The summed E-state index contributed by atoms with van der Waals surface area (Å²) in [6.45, 7) is 1.17. The number of pyridine rings is 1. The fourth-order valence-corrected chi connectivity index (χ4v) is 4.39. The Kier molecular flexibility index (Phi) is 5.10. The number of aryl methyl sites for hydroxylation is 1. The number of aromatic nitrogens is 1. The molecular weight excluding hydrogens is 376 g/mol. The zero-order valence-corrected chi connectivity index (χ0v) is 16.8. The van der Waals surface area contributed by atoms with E-state index >= 15 is 0 Å². The Labute approximate surface area is 176 Å². The van der Waals surface area contributed by atoms with Crippen LogP contribution in [0.1, 0.15) is 28.8 Å². The first-order chi connectivity index (χ1) is 14.8. The number of fused-ring (bicyclic) bond motifs is 2. The molecule has 5 nitrogen and oxygen atoms in total. The molecule has 0 saturated heterocycles. The van der Waals surface area contributed by atoms with Crippen LogP contribution in [0, 0.1) is 5.92 Å². The van der Waals surface area contributed by atoms with Gasteiger partial charge < -0.3 is 14.4 Å². The number of ether oxygens (including phenoxy) is 2. The van der Waals surface area contributed by atoms with E-state index in [0.717, 1.165) is 42.0 Å². The number of para-hydroxylation sites is 1. The molecule has 3 aromatic rings. The van der Waals surface area contributed by atoms with E-state index in [1.165, 1.54) is 11.1 Å². The molecule has 1 aliphatic carbocycles. The Bertz CT molecular complexity index is 1050.